The fraction of sp³-hybridized carbons (Fsp3) is 0.0667. The van der Waals surface area contributed by atoms with Crippen LogP contribution in [0.2, 0.25) is 0 Å². The van der Waals surface area contributed by atoms with Crippen molar-refractivity contribution in [2.75, 3.05) is 7.05 Å². The Labute approximate surface area is 145 Å². The lowest BCUT2D eigenvalue weighted by molar-refractivity contribution is 0.631. The molecule has 0 unspecified atom stereocenters. The normalized spacial score (nSPS) is 15.5. The highest BCUT2D eigenvalue weighted by Gasteiger charge is 2.35. The minimum absolute atomic E-state index is 0.0963. The molecule has 0 saturated heterocycles. The van der Waals surface area contributed by atoms with E-state index in [1.54, 1.807) is 0 Å². The largest absolute Gasteiger partial charge is 0.298 e. The van der Waals surface area contributed by atoms with Gasteiger partial charge in [-0.05, 0) is 0 Å². The predicted octanol–water partition coefficient (Wildman–Crippen LogP) is 4.71. The zero-order valence-electron chi connectivity index (χ0n) is 12.0. The average molecular weight is 376 g/mol. The van der Waals surface area contributed by atoms with Crippen LogP contribution in [-0.4, -0.2) is 27.2 Å². The van der Waals surface area contributed by atoms with Crippen LogP contribution < -0.4 is 0 Å². The number of thiophene rings is 2. The van der Waals surface area contributed by atoms with Gasteiger partial charge in [-0.3, -0.25) is 10.4 Å². The first-order chi connectivity index (χ1) is 11.6. The zero-order valence-corrected chi connectivity index (χ0v) is 14.4. The van der Waals surface area contributed by atoms with Gasteiger partial charge in [0.15, 0.2) is 0 Å². The monoisotopic (exact) mass is 376 g/mol. The van der Waals surface area contributed by atoms with Crippen molar-refractivity contribution < 1.29 is 8.78 Å². The van der Waals surface area contributed by atoms with Crippen LogP contribution in [0.15, 0.2) is 15.8 Å². The Bertz CT molecular complexity index is 1210. The van der Waals surface area contributed by atoms with Crippen molar-refractivity contribution in [1.29, 1.82) is 5.41 Å². The summed E-state index contributed by atoms with van der Waals surface area (Å²) in [4.78, 5) is 4.79. The quantitative estimate of drug-likeness (QED) is 0.483. The number of hydrogen-bond donors (Lipinski definition) is 1. The number of aliphatic imine (C=N–C) groups is 1. The molecular formula is C15H6F2N4S3. The van der Waals surface area contributed by atoms with E-state index in [1.807, 2.05) is 0 Å². The van der Waals surface area contributed by atoms with Crippen molar-refractivity contribution >= 4 is 66.9 Å². The lowest BCUT2D eigenvalue weighted by Gasteiger charge is -2.20. The van der Waals surface area contributed by atoms with Crippen LogP contribution in [0.3, 0.4) is 0 Å². The first-order valence-electron chi connectivity index (χ1n) is 6.82. The van der Waals surface area contributed by atoms with E-state index in [9.17, 15) is 8.78 Å². The first-order valence-corrected chi connectivity index (χ1v) is 9.31. The molecule has 1 aliphatic carbocycles. The Balaban J connectivity index is 2.11. The minimum atomic E-state index is -0.403. The Kier molecular flexibility index (Phi) is 2.80. The van der Waals surface area contributed by atoms with Crippen LogP contribution >= 0.6 is 34.4 Å². The lowest BCUT2D eigenvalue weighted by atomic mass is 9.86. The third-order valence-corrected chi connectivity index (χ3v) is 6.57. The molecule has 4 nitrogen and oxygen atoms in total. The van der Waals surface area contributed by atoms with Gasteiger partial charge in [-0.15, -0.1) is 22.7 Å². The Hall–Kier alpha value is -2.10. The summed E-state index contributed by atoms with van der Waals surface area (Å²) in [5, 5.41) is 11.8. The average Bonchev–Trinajstić information content (AvgIpc) is 3.27. The maximum Gasteiger partial charge on any atom is 0.144 e. The highest BCUT2D eigenvalue weighted by atomic mass is 32.1. The summed E-state index contributed by atoms with van der Waals surface area (Å²) in [5.74, 6) is -0.777. The van der Waals surface area contributed by atoms with E-state index in [0.29, 0.717) is 42.7 Å². The van der Waals surface area contributed by atoms with Crippen LogP contribution in [0, 0.1) is 17.0 Å². The van der Waals surface area contributed by atoms with Gasteiger partial charge >= 0.3 is 0 Å². The van der Waals surface area contributed by atoms with Crippen molar-refractivity contribution in [3.8, 4) is 10.4 Å². The van der Waals surface area contributed by atoms with E-state index in [4.69, 9.17) is 5.41 Å². The Morgan fingerprint density at radius 2 is 1.75 bits per heavy atom. The second kappa shape index (κ2) is 4.71. The molecule has 0 aliphatic heterocycles. The molecule has 0 atom stereocenters. The number of nitrogens with one attached hydrogen (secondary N) is 1. The summed E-state index contributed by atoms with van der Waals surface area (Å²) in [6, 6.07) is 0. The van der Waals surface area contributed by atoms with Gasteiger partial charge in [0.2, 0.25) is 0 Å². The molecule has 3 heterocycles. The number of aromatic nitrogens is 2. The fourth-order valence-corrected chi connectivity index (χ4v) is 5.66. The van der Waals surface area contributed by atoms with Gasteiger partial charge in [0.1, 0.15) is 22.7 Å². The van der Waals surface area contributed by atoms with E-state index in [2.05, 4.69) is 13.7 Å². The molecule has 0 fully saturated rings. The molecule has 0 amide bonds. The van der Waals surface area contributed by atoms with Crippen LogP contribution in [0.25, 0.3) is 31.6 Å². The summed E-state index contributed by atoms with van der Waals surface area (Å²) in [6.45, 7) is 0. The van der Waals surface area contributed by atoms with Crippen LogP contribution in [0.1, 0.15) is 11.1 Å². The summed E-state index contributed by atoms with van der Waals surface area (Å²) in [6.07, 6.45) is 0. The van der Waals surface area contributed by atoms with Crippen molar-refractivity contribution in [3.63, 3.8) is 0 Å². The minimum Gasteiger partial charge on any atom is -0.298 e. The van der Waals surface area contributed by atoms with Gasteiger partial charge in [0, 0.05) is 38.5 Å². The molecule has 118 valence electrons. The van der Waals surface area contributed by atoms with Crippen molar-refractivity contribution in [1.82, 2.24) is 8.75 Å². The van der Waals surface area contributed by atoms with Gasteiger partial charge in [0.05, 0.1) is 34.1 Å². The zero-order chi connectivity index (χ0) is 16.6. The van der Waals surface area contributed by atoms with E-state index >= 15 is 0 Å². The maximum atomic E-state index is 14.3. The van der Waals surface area contributed by atoms with E-state index < -0.39 is 5.82 Å². The summed E-state index contributed by atoms with van der Waals surface area (Å²) < 4.78 is 37.8. The van der Waals surface area contributed by atoms with Gasteiger partial charge < -0.3 is 0 Å². The standard InChI is InChI=1S/C15H6F2N4S3/c1-19-11-6-4(16)2-23-15(6)9-8(10(11)18)14-7(5(17)3-22-14)12-13(9)21-24-20-12/h2-3,18H,1H3/b18-10?,19-11-. The highest BCUT2D eigenvalue weighted by molar-refractivity contribution is 7.18. The maximum absolute atomic E-state index is 14.3. The van der Waals surface area contributed by atoms with E-state index in [1.165, 1.54) is 40.5 Å². The number of benzene rings is 1. The van der Waals surface area contributed by atoms with Crippen LogP contribution in [-0.2, 0) is 0 Å². The van der Waals surface area contributed by atoms with Crippen LogP contribution in [0.4, 0.5) is 8.78 Å². The first kappa shape index (κ1) is 14.3. The second-order valence-corrected chi connectivity index (χ2v) is 7.52. The SMILES string of the molecule is C/N=C1\C(=N)c2c(c3nsnc3c3c(F)csc23)-c2scc(F)c21. The molecule has 9 heteroatoms. The summed E-state index contributed by atoms with van der Waals surface area (Å²) in [5.41, 5.74) is 2.92. The van der Waals surface area contributed by atoms with Gasteiger partial charge in [-0.1, -0.05) is 0 Å². The molecule has 1 aromatic carbocycles. The Morgan fingerprint density at radius 1 is 1.00 bits per heavy atom. The van der Waals surface area contributed by atoms with Gasteiger partial charge in [-0.25, -0.2) is 8.78 Å². The fourth-order valence-electron chi connectivity index (χ4n) is 3.16. The second-order valence-electron chi connectivity index (χ2n) is 5.23. The highest BCUT2D eigenvalue weighted by Crippen LogP contribution is 2.48. The third kappa shape index (κ3) is 1.54. The molecule has 1 aliphatic rings. The molecule has 0 radical (unpaired) electrons. The molecule has 24 heavy (non-hydrogen) atoms. The van der Waals surface area contributed by atoms with Crippen molar-refractivity contribution in [2.45, 2.75) is 0 Å². The van der Waals surface area contributed by atoms with E-state index in [0.717, 1.165) is 11.7 Å². The number of nitrogens with zero attached hydrogens (tertiary/aromatic N) is 3. The molecule has 0 spiro atoms. The van der Waals surface area contributed by atoms with Crippen LogP contribution in [0.5, 0.6) is 0 Å². The third-order valence-electron chi connectivity index (χ3n) is 4.11. The van der Waals surface area contributed by atoms with E-state index in [-0.39, 0.29) is 17.2 Å². The Morgan fingerprint density at radius 3 is 2.54 bits per heavy atom. The molecule has 5 rings (SSSR count). The molecule has 1 N–H and O–H groups in total. The number of fused-ring (bicyclic) bond motifs is 8. The van der Waals surface area contributed by atoms with Crippen molar-refractivity contribution in [2.24, 2.45) is 4.99 Å². The number of rotatable bonds is 0. The summed E-state index contributed by atoms with van der Waals surface area (Å²) >= 11 is 3.46. The molecule has 0 bridgehead atoms. The molecule has 3 aromatic heterocycles. The predicted molar refractivity (Wildman–Crippen MR) is 95.3 cm³/mol. The molecule has 4 aromatic rings. The number of hydrogen-bond acceptors (Lipinski definition) is 7. The summed E-state index contributed by atoms with van der Waals surface area (Å²) in [7, 11) is 1.53. The van der Waals surface area contributed by atoms with Gasteiger partial charge in [0.25, 0.3) is 0 Å². The van der Waals surface area contributed by atoms with Crippen molar-refractivity contribution in [3.05, 3.63) is 33.5 Å². The van der Waals surface area contributed by atoms with Gasteiger partial charge in [-0.2, -0.15) is 8.75 Å². The topological polar surface area (TPSA) is 62.0 Å². The number of halogens is 2. The lowest BCUT2D eigenvalue weighted by Crippen LogP contribution is -2.22. The molecular weight excluding hydrogens is 370 g/mol. The molecule has 0 saturated carbocycles. The smallest absolute Gasteiger partial charge is 0.144 e.